The Morgan fingerprint density at radius 1 is 0.800 bits per heavy atom. The van der Waals surface area contributed by atoms with Crippen molar-refractivity contribution in [2.75, 3.05) is 0 Å². The van der Waals surface area contributed by atoms with Crippen LogP contribution in [0.25, 0.3) is 0 Å². The van der Waals surface area contributed by atoms with Crippen LogP contribution in [0.3, 0.4) is 0 Å². The first-order valence-corrected chi connectivity index (χ1v) is 8.34. The third-order valence-corrected chi connectivity index (χ3v) is 3.84. The van der Waals surface area contributed by atoms with Gasteiger partial charge in [-0.15, -0.1) is 0 Å². The average Bonchev–Trinajstić information content (AvgIpc) is 2.82. The first-order valence-electron chi connectivity index (χ1n) is 8.34. The lowest BCUT2D eigenvalue weighted by Gasteiger charge is -2.02. The Balaban J connectivity index is 0.00000361. The van der Waals surface area contributed by atoms with E-state index in [1.807, 2.05) is 0 Å². The molecule has 0 radical (unpaired) electrons. The van der Waals surface area contributed by atoms with Gasteiger partial charge in [-0.1, -0.05) is 64.7 Å². The van der Waals surface area contributed by atoms with E-state index in [1.54, 1.807) is 0 Å². The van der Waals surface area contributed by atoms with Crippen molar-refractivity contribution >= 4 is 0 Å². The first-order chi connectivity index (χ1) is 9.33. The van der Waals surface area contributed by atoms with Crippen molar-refractivity contribution < 1.29 is 28.5 Å². The van der Waals surface area contributed by atoms with Crippen LogP contribution in [0.5, 0.6) is 0 Å². The molecule has 1 rings (SSSR count). The predicted octanol–water partition coefficient (Wildman–Crippen LogP) is 1.63. The van der Waals surface area contributed by atoms with Crippen LogP contribution in [0.1, 0.15) is 77.6 Å². The zero-order chi connectivity index (χ0) is 13.8. The van der Waals surface area contributed by atoms with Gasteiger partial charge in [-0.3, -0.25) is 0 Å². The van der Waals surface area contributed by atoms with Crippen LogP contribution in [0.4, 0.5) is 0 Å². The average molecular weight is 392 g/mol. The Morgan fingerprint density at radius 3 is 1.75 bits per heavy atom. The van der Waals surface area contributed by atoms with E-state index in [0.29, 0.717) is 0 Å². The molecule has 0 aromatic carbocycles. The minimum atomic E-state index is 0. The zero-order valence-corrected chi connectivity index (χ0v) is 15.6. The summed E-state index contributed by atoms with van der Waals surface area (Å²) in [6, 6.07) is 0. The highest BCUT2D eigenvalue weighted by molar-refractivity contribution is 4.65. The molecule has 1 heterocycles. The molecular formula is C17H33IN2. The Bertz CT molecular complexity index is 310. The molecule has 0 amide bonds. The van der Waals surface area contributed by atoms with Gasteiger partial charge in [-0.25, -0.2) is 9.13 Å². The largest absolute Gasteiger partial charge is 1.00 e. The summed E-state index contributed by atoms with van der Waals surface area (Å²) >= 11 is 0. The van der Waals surface area contributed by atoms with Crippen molar-refractivity contribution in [3.63, 3.8) is 0 Å². The molecular weight excluding hydrogens is 359 g/mol. The molecule has 2 nitrogen and oxygen atoms in total. The number of hydrogen-bond acceptors (Lipinski definition) is 0. The maximum absolute atomic E-state index is 2.29. The van der Waals surface area contributed by atoms with Gasteiger partial charge in [0.1, 0.15) is 12.4 Å². The van der Waals surface area contributed by atoms with Crippen molar-refractivity contribution in [3.05, 3.63) is 18.7 Å². The molecule has 0 saturated carbocycles. The third kappa shape index (κ3) is 10.7. The molecule has 3 heteroatoms. The summed E-state index contributed by atoms with van der Waals surface area (Å²) < 4.78 is 4.40. The molecule has 0 aliphatic heterocycles. The number of aryl methyl sites for hydroxylation is 2. The van der Waals surface area contributed by atoms with E-state index < -0.39 is 0 Å². The van der Waals surface area contributed by atoms with Gasteiger partial charge in [0.2, 0.25) is 6.33 Å². The summed E-state index contributed by atoms with van der Waals surface area (Å²) in [5.74, 6) is 0. The number of rotatable bonds is 12. The maximum Gasteiger partial charge on any atom is 0.243 e. The van der Waals surface area contributed by atoms with Gasteiger partial charge < -0.3 is 24.0 Å². The standard InChI is InChI=1S/C17H33N2.HI/c1-3-4-5-6-7-8-9-10-11-12-13-14-19-16-15-18(2)17-19;/h15-17H,3-14H2,1-2H3;1H/q+1;/p-1. The fourth-order valence-corrected chi connectivity index (χ4v) is 2.59. The molecule has 1 aromatic heterocycles. The lowest BCUT2D eigenvalue weighted by atomic mass is 10.1. The zero-order valence-electron chi connectivity index (χ0n) is 13.5. The Hall–Kier alpha value is -0.0600. The van der Waals surface area contributed by atoms with Crippen molar-refractivity contribution in [2.24, 2.45) is 7.05 Å². The van der Waals surface area contributed by atoms with Crippen LogP contribution >= 0.6 is 0 Å². The topological polar surface area (TPSA) is 8.81 Å². The van der Waals surface area contributed by atoms with E-state index in [2.05, 4.69) is 41.8 Å². The molecule has 0 fully saturated rings. The smallest absolute Gasteiger partial charge is 0.243 e. The fourth-order valence-electron chi connectivity index (χ4n) is 2.59. The lowest BCUT2D eigenvalue weighted by Crippen LogP contribution is -3.00. The van der Waals surface area contributed by atoms with Crippen molar-refractivity contribution in [2.45, 2.75) is 84.1 Å². The summed E-state index contributed by atoms with van der Waals surface area (Å²) in [6.07, 6.45) is 22.1. The molecule has 0 atom stereocenters. The summed E-state index contributed by atoms with van der Waals surface area (Å²) in [6.45, 7) is 3.46. The van der Waals surface area contributed by atoms with Crippen LogP contribution in [0.2, 0.25) is 0 Å². The van der Waals surface area contributed by atoms with Crippen LogP contribution in [-0.2, 0) is 13.6 Å². The SMILES string of the molecule is CCCCCCCCCCCCCn1cc[n+](C)c1.[I-]. The van der Waals surface area contributed by atoms with E-state index >= 15 is 0 Å². The second-order valence-electron chi connectivity index (χ2n) is 5.85. The van der Waals surface area contributed by atoms with Crippen molar-refractivity contribution in [3.8, 4) is 0 Å². The Kier molecular flexibility index (Phi) is 13.9. The van der Waals surface area contributed by atoms with Crippen molar-refractivity contribution in [1.29, 1.82) is 0 Å². The van der Waals surface area contributed by atoms with E-state index in [0.717, 1.165) is 0 Å². The van der Waals surface area contributed by atoms with Crippen LogP contribution in [0, 0.1) is 0 Å². The highest BCUT2D eigenvalue weighted by Crippen LogP contribution is 2.11. The van der Waals surface area contributed by atoms with Gasteiger partial charge in [0.15, 0.2) is 0 Å². The second-order valence-corrected chi connectivity index (χ2v) is 5.85. The molecule has 0 N–H and O–H groups in total. The molecule has 0 aliphatic carbocycles. The van der Waals surface area contributed by atoms with Crippen LogP contribution in [-0.4, -0.2) is 4.57 Å². The molecule has 0 aliphatic rings. The van der Waals surface area contributed by atoms with Gasteiger partial charge in [0, 0.05) is 0 Å². The van der Waals surface area contributed by atoms with Gasteiger partial charge in [-0.05, 0) is 12.8 Å². The molecule has 0 saturated heterocycles. The quantitative estimate of drug-likeness (QED) is 0.291. The summed E-state index contributed by atoms with van der Waals surface area (Å²) in [5.41, 5.74) is 0. The Morgan fingerprint density at radius 2 is 1.30 bits per heavy atom. The monoisotopic (exact) mass is 392 g/mol. The number of halogens is 1. The van der Waals surface area contributed by atoms with Crippen LogP contribution < -0.4 is 28.5 Å². The normalized spacial score (nSPS) is 10.5. The third-order valence-electron chi connectivity index (χ3n) is 3.84. The number of imidazole rings is 1. The van der Waals surface area contributed by atoms with E-state index in [1.165, 1.54) is 77.2 Å². The van der Waals surface area contributed by atoms with Gasteiger partial charge in [-0.2, -0.15) is 0 Å². The summed E-state index contributed by atoms with van der Waals surface area (Å²) in [7, 11) is 2.08. The van der Waals surface area contributed by atoms with Crippen LogP contribution in [0.15, 0.2) is 18.7 Å². The molecule has 1 aromatic rings. The summed E-state index contributed by atoms with van der Waals surface area (Å²) in [5, 5.41) is 0. The molecule has 0 unspecified atom stereocenters. The molecule has 118 valence electrons. The van der Waals surface area contributed by atoms with Gasteiger partial charge in [0.05, 0.1) is 13.6 Å². The van der Waals surface area contributed by atoms with Crippen molar-refractivity contribution in [1.82, 2.24) is 4.57 Å². The molecule has 20 heavy (non-hydrogen) atoms. The predicted molar refractivity (Wildman–Crippen MR) is 82.1 cm³/mol. The number of nitrogens with zero attached hydrogens (tertiary/aromatic N) is 2. The second kappa shape index (κ2) is 13.9. The highest BCUT2D eigenvalue weighted by atomic mass is 127. The van der Waals surface area contributed by atoms with E-state index in [9.17, 15) is 0 Å². The van der Waals surface area contributed by atoms with E-state index in [-0.39, 0.29) is 24.0 Å². The maximum atomic E-state index is 2.29. The molecule has 0 bridgehead atoms. The number of aromatic nitrogens is 2. The minimum Gasteiger partial charge on any atom is -1.00 e. The highest BCUT2D eigenvalue weighted by Gasteiger charge is 1.99. The minimum absolute atomic E-state index is 0. The number of hydrogen-bond donors (Lipinski definition) is 0. The summed E-state index contributed by atoms with van der Waals surface area (Å²) in [4.78, 5) is 0. The van der Waals surface area contributed by atoms with Gasteiger partial charge >= 0.3 is 0 Å². The Labute approximate surface area is 143 Å². The lowest BCUT2D eigenvalue weighted by molar-refractivity contribution is -0.671. The van der Waals surface area contributed by atoms with E-state index in [4.69, 9.17) is 0 Å². The van der Waals surface area contributed by atoms with Gasteiger partial charge in [0.25, 0.3) is 0 Å². The first kappa shape index (κ1) is 19.9. The fraction of sp³-hybridized carbons (Fsp3) is 0.824. The molecule has 0 spiro atoms. The number of unbranched alkanes of at least 4 members (excludes halogenated alkanes) is 10.